The molecule has 8 aliphatic heterocycles. The molecule has 10 aliphatic rings. The van der Waals surface area contributed by atoms with Gasteiger partial charge in [-0.05, 0) is 93.3 Å². The zero-order valence-electron chi connectivity index (χ0n) is 29.7. The number of fused-ring (bicyclic) bond motifs is 4. The number of rotatable bonds is 4. The molecule has 10 fully saturated rings. The quantitative estimate of drug-likeness (QED) is 0.232. The van der Waals surface area contributed by atoms with Crippen molar-refractivity contribution in [3.63, 3.8) is 0 Å². The highest BCUT2D eigenvalue weighted by atomic mass is 17.3. The molecule has 0 aromatic heterocycles. The van der Waals surface area contributed by atoms with Gasteiger partial charge in [-0.25, -0.2) is 19.6 Å². The van der Waals surface area contributed by atoms with E-state index in [1.807, 2.05) is 13.8 Å². The summed E-state index contributed by atoms with van der Waals surface area (Å²) in [6, 6.07) is 0. The van der Waals surface area contributed by atoms with Gasteiger partial charge < -0.3 is 18.9 Å². The maximum atomic E-state index is 7.16. The van der Waals surface area contributed by atoms with E-state index in [-0.39, 0.29) is 41.3 Å². The van der Waals surface area contributed by atoms with Crippen LogP contribution < -0.4 is 0 Å². The molecule has 2 aliphatic carbocycles. The van der Waals surface area contributed by atoms with E-state index in [4.69, 9.17) is 43.5 Å². The zero-order valence-corrected chi connectivity index (χ0v) is 29.7. The number of hydrogen-bond acceptors (Lipinski definition) is 9. The van der Waals surface area contributed by atoms with Crippen LogP contribution in [0.15, 0.2) is 4.99 Å². The van der Waals surface area contributed by atoms with E-state index in [1.54, 1.807) is 0 Å². The first kappa shape index (κ1) is 32.5. The van der Waals surface area contributed by atoms with Gasteiger partial charge in [0.2, 0.25) is 11.6 Å². The van der Waals surface area contributed by atoms with Gasteiger partial charge in [0.25, 0.3) is 0 Å². The van der Waals surface area contributed by atoms with Crippen LogP contribution in [-0.4, -0.2) is 59.8 Å². The topological polar surface area (TPSA) is 86.2 Å². The van der Waals surface area contributed by atoms with E-state index < -0.39 is 35.4 Å². The largest absolute Gasteiger partial charge is 0.345 e. The standard InChI is InChI=1S/C37H59NO8/c1-20-10-12-26-22(3)29(39-31-36(26)24(20)14-16-34(8,41-31)43-45-36)18-28(38-19-33(5,6)7)30-23(4)27-13-11-21(2)25-15-17-35(9)42-32(40-30)37(25,27)46-44-35/h20-27,29-32H,10-19H2,1-9H3/t20-,21-,22-,23-,24+,25+,26+,27+,29-,30+,31-,32-,34+,35+,36-,37-/m1/s1. The maximum absolute atomic E-state index is 7.16. The van der Waals surface area contributed by atoms with Crippen molar-refractivity contribution in [3.8, 4) is 0 Å². The molecule has 10 rings (SSSR count). The van der Waals surface area contributed by atoms with Crippen LogP contribution in [0.2, 0.25) is 0 Å². The summed E-state index contributed by atoms with van der Waals surface area (Å²) in [5.74, 6) is 1.13. The lowest BCUT2D eigenvalue weighted by atomic mass is 9.56. The van der Waals surface area contributed by atoms with Gasteiger partial charge in [0.05, 0.1) is 6.10 Å². The number of hydrogen-bond donors (Lipinski definition) is 0. The van der Waals surface area contributed by atoms with Crippen molar-refractivity contribution in [3.05, 3.63) is 0 Å². The highest BCUT2D eigenvalue weighted by Crippen LogP contribution is 2.63. The molecule has 8 heterocycles. The summed E-state index contributed by atoms with van der Waals surface area (Å²) in [6.45, 7) is 20.9. The van der Waals surface area contributed by atoms with Crippen molar-refractivity contribution in [1.29, 1.82) is 0 Å². The van der Waals surface area contributed by atoms with Crippen molar-refractivity contribution in [1.82, 2.24) is 0 Å². The summed E-state index contributed by atoms with van der Waals surface area (Å²) >= 11 is 0. The Bertz CT molecular complexity index is 1220. The second-order valence-corrected chi connectivity index (χ2v) is 18.3. The Morgan fingerprint density at radius 2 is 1.17 bits per heavy atom. The van der Waals surface area contributed by atoms with Crippen molar-refractivity contribution < 1.29 is 38.5 Å². The van der Waals surface area contributed by atoms with E-state index in [0.29, 0.717) is 30.1 Å². The van der Waals surface area contributed by atoms with E-state index in [0.717, 1.165) is 50.8 Å². The van der Waals surface area contributed by atoms with Gasteiger partial charge in [-0.15, -0.1) is 0 Å². The Kier molecular flexibility index (Phi) is 7.73. The summed E-state index contributed by atoms with van der Waals surface area (Å²) in [4.78, 5) is 30.5. The fourth-order valence-electron chi connectivity index (χ4n) is 11.3. The van der Waals surface area contributed by atoms with E-state index in [1.165, 1.54) is 12.8 Å². The molecule has 2 spiro atoms. The van der Waals surface area contributed by atoms with Gasteiger partial charge in [0.1, 0.15) is 6.10 Å². The van der Waals surface area contributed by atoms with Gasteiger partial charge >= 0.3 is 0 Å². The summed E-state index contributed by atoms with van der Waals surface area (Å²) in [5, 5.41) is 0. The molecule has 0 unspecified atom stereocenters. The van der Waals surface area contributed by atoms with E-state index >= 15 is 0 Å². The lowest BCUT2D eigenvalue weighted by molar-refractivity contribution is -0.571. The Balaban J connectivity index is 1.13. The molecule has 0 aromatic rings. The Morgan fingerprint density at radius 1 is 0.652 bits per heavy atom. The highest BCUT2D eigenvalue weighted by Gasteiger charge is 2.71. The van der Waals surface area contributed by atoms with Crippen LogP contribution in [-0.2, 0) is 38.5 Å². The normalized spacial score (nSPS) is 56.5. The highest BCUT2D eigenvalue weighted by molar-refractivity contribution is 5.90. The summed E-state index contributed by atoms with van der Waals surface area (Å²) < 4.78 is 27.7. The minimum atomic E-state index is -0.802. The minimum absolute atomic E-state index is 0.0389. The molecular formula is C37H59NO8. The molecule has 2 saturated carbocycles. The van der Waals surface area contributed by atoms with Crippen molar-refractivity contribution in [2.75, 3.05) is 6.54 Å². The molecule has 0 amide bonds. The molecule has 0 aromatic carbocycles. The third-order valence-corrected chi connectivity index (χ3v) is 13.9. The van der Waals surface area contributed by atoms with Crippen LogP contribution in [0.5, 0.6) is 0 Å². The molecule has 9 heteroatoms. The van der Waals surface area contributed by atoms with Gasteiger partial charge in [-0.2, -0.15) is 0 Å². The van der Waals surface area contributed by atoms with E-state index in [2.05, 4.69) is 48.5 Å². The first-order valence-electron chi connectivity index (χ1n) is 18.6. The number of aliphatic imine (C=N–C) groups is 1. The molecule has 260 valence electrons. The van der Waals surface area contributed by atoms with E-state index in [9.17, 15) is 0 Å². The molecule has 16 atom stereocenters. The van der Waals surface area contributed by atoms with Crippen LogP contribution in [0, 0.1) is 52.8 Å². The summed E-state index contributed by atoms with van der Waals surface area (Å²) in [5.41, 5.74) is -0.0373. The lowest BCUT2D eigenvalue weighted by Gasteiger charge is -2.61. The fraction of sp³-hybridized carbons (Fsp3) is 0.973. The molecule has 9 nitrogen and oxygen atoms in total. The molecule has 4 bridgehead atoms. The van der Waals surface area contributed by atoms with Gasteiger partial charge in [0.15, 0.2) is 23.8 Å². The predicted molar refractivity (Wildman–Crippen MR) is 170 cm³/mol. The zero-order chi connectivity index (χ0) is 32.4. The average molecular weight is 646 g/mol. The van der Waals surface area contributed by atoms with Crippen LogP contribution in [0.1, 0.15) is 120 Å². The monoisotopic (exact) mass is 645 g/mol. The fourth-order valence-corrected chi connectivity index (χ4v) is 11.3. The van der Waals surface area contributed by atoms with Gasteiger partial charge in [0, 0.05) is 43.4 Å². The average Bonchev–Trinajstić information content (AvgIpc) is 3.37. The molecule has 0 radical (unpaired) electrons. The smallest absolute Gasteiger partial charge is 0.201 e. The second kappa shape index (κ2) is 10.9. The van der Waals surface area contributed by atoms with Gasteiger partial charge in [-0.1, -0.05) is 48.5 Å². The molecular weight excluding hydrogens is 586 g/mol. The summed E-state index contributed by atoms with van der Waals surface area (Å²) in [6.07, 6.45) is 7.67. The summed E-state index contributed by atoms with van der Waals surface area (Å²) in [7, 11) is 0. The van der Waals surface area contributed by atoms with Crippen LogP contribution in [0.25, 0.3) is 0 Å². The second-order valence-electron chi connectivity index (χ2n) is 18.3. The Morgan fingerprint density at radius 3 is 1.72 bits per heavy atom. The SMILES string of the molecule is C[C@H]1[C@@H](C(C[C@H]2O[C@@H]3O[C@]4(C)CC[C@H]5[C@H](C)CC[C@@H]([C@H]2C)[C@@]35OO4)=NCC(C)(C)C)O[C@@H]2O[C@]3(C)CC[C@H]4[C@H](C)CC[C@@H]1[C@@]24OO3. The van der Waals surface area contributed by atoms with Crippen LogP contribution >= 0.6 is 0 Å². The Labute approximate surface area is 275 Å². The maximum Gasteiger partial charge on any atom is 0.201 e. The predicted octanol–water partition coefficient (Wildman–Crippen LogP) is 7.36. The number of ether oxygens (including phenoxy) is 4. The van der Waals surface area contributed by atoms with Crippen molar-refractivity contribution >= 4 is 5.71 Å². The van der Waals surface area contributed by atoms with Gasteiger partial charge in [-0.3, -0.25) is 4.99 Å². The van der Waals surface area contributed by atoms with Crippen LogP contribution in [0.4, 0.5) is 0 Å². The first-order valence-corrected chi connectivity index (χ1v) is 18.6. The molecule has 0 N–H and O–H groups in total. The van der Waals surface area contributed by atoms with Crippen molar-refractivity contribution in [2.45, 2.75) is 168 Å². The minimum Gasteiger partial charge on any atom is -0.345 e. The Hall–Kier alpha value is -0.650. The molecule has 8 saturated heterocycles. The van der Waals surface area contributed by atoms with Crippen LogP contribution in [0.3, 0.4) is 0 Å². The third-order valence-electron chi connectivity index (χ3n) is 13.9. The van der Waals surface area contributed by atoms with Crippen molar-refractivity contribution in [2.24, 2.45) is 57.8 Å². The number of nitrogens with zero attached hydrogens (tertiary/aromatic N) is 1. The third kappa shape index (κ3) is 4.79. The molecule has 46 heavy (non-hydrogen) atoms. The lowest BCUT2D eigenvalue weighted by Crippen LogP contribution is -2.71. The first-order chi connectivity index (χ1) is 21.7.